The van der Waals surface area contributed by atoms with Gasteiger partial charge in [0.1, 0.15) is 0 Å². The fourth-order valence-electron chi connectivity index (χ4n) is 1.41. The van der Waals surface area contributed by atoms with Crippen LogP contribution in [0.3, 0.4) is 0 Å². The number of rotatable bonds is 3. The van der Waals surface area contributed by atoms with E-state index >= 15 is 0 Å². The number of imidazole rings is 1. The molecule has 0 aliphatic carbocycles. The zero-order valence-corrected chi connectivity index (χ0v) is 7.40. The second-order valence-electron chi connectivity index (χ2n) is 3.06. The largest absolute Gasteiger partial charge is 0.355 e. The second-order valence-corrected chi connectivity index (χ2v) is 3.06. The fraction of sp³-hybridized carbons (Fsp3) is 0.500. The molecule has 2 heterocycles. The summed E-state index contributed by atoms with van der Waals surface area (Å²) in [5, 5.41) is 10.5. The van der Waals surface area contributed by atoms with E-state index in [1.165, 1.54) is 0 Å². The number of hydrogen-bond donors (Lipinski definition) is 2. The first-order valence-electron chi connectivity index (χ1n) is 4.39. The standard InChI is InChI=1S/C8H13N5/c9-8-11-2-4-13(8)6-5-12-3-1-10-7-12/h1,3,7H,2,4-6H2,(H2,9,11). The van der Waals surface area contributed by atoms with E-state index in [0.717, 1.165) is 26.2 Å². The smallest absolute Gasteiger partial charge is 0.191 e. The SMILES string of the molecule is N=C1NCCN1CCn1ccnc1. The Balaban J connectivity index is 1.82. The molecule has 70 valence electrons. The van der Waals surface area contributed by atoms with Crippen molar-refractivity contribution in [1.29, 1.82) is 5.41 Å². The predicted molar refractivity (Wildman–Crippen MR) is 49.5 cm³/mol. The summed E-state index contributed by atoms with van der Waals surface area (Å²) < 4.78 is 2.02. The molecule has 2 rings (SSSR count). The minimum atomic E-state index is 0.542. The second kappa shape index (κ2) is 3.47. The highest BCUT2D eigenvalue weighted by Gasteiger charge is 2.14. The predicted octanol–water partition coefficient (Wildman–Crippen LogP) is -0.277. The minimum Gasteiger partial charge on any atom is -0.355 e. The third-order valence-corrected chi connectivity index (χ3v) is 2.18. The van der Waals surface area contributed by atoms with Crippen molar-refractivity contribution in [3.05, 3.63) is 18.7 Å². The summed E-state index contributed by atoms with van der Waals surface area (Å²) in [6.45, 7) is 3.60. The van der Waals surface area contributed by atoms with E-state index in [1.54, 1.807) is 12.5 Å². The lowest BCUT2D eigenvalue weighted by molar-refractivity contribution is 0.428. The van der Waals surface area contributed by atoms with E-state index in [2.05, 4.69) is 10.3 Å². The molecule has 1 aliphatic rings. The molecule has 0 amide bonds. The Hall–Kier alpha value is -1.52. The van der Waals surface area contributed by atoms with Crippen LogP contribution in [0, 0.1) is 5.41 Å². The Bertz CT molecular complexity index is 279. The molecule has 0 saturated carbocycles. The van der Waals surface area contributed by atoms with Crippen LogP contribution in [0.2, 0.25) is 0 Å². The summed E-state index contributed by atoms with van der Waals surface area (Å²) in [7, 11) is 0. The molecule has 0 atom stereocenters. The lowest BCUT2D eigenvalue weighted by Crippen LogP contribution is -2.31. The van der Waals surface area contributed by atoms with Crippen LogP contribution in [0.25, 0.3) is 0 Å². The summed E-state index contributed by atoms with van der Waals surface area (Å²) in [5.41, 5.74) is 0. The number of hydrogen-bond acceptors (Lipinski definition) is 2. The maximum atomic E-state index is 7.52. The van der Waals surface area contributed by atoms with Crippen LogP contribution in [0.1, 0.15) is 0 Å². The van der Waals surface area contributed by atoms with Crippen molar-refractivity contribution >= 4 is 5.96 Å². The topological polar surface area (TPSA) is 56.9 Å². The van der Waals surface area contributed by atoms with E-state index in [9.17, 15) is 0 Å². The Morgan fingerprint density at radius 3 is 3.08 bits per heavy atom. The molecular weight excluding hydrogens is 166 g/mol. The molecule has 5 nitrogen and oxygen atoms in total. The van der Waals surface area contributed by atoms with Gasteiger partial charge < -0.3 is 14.8 Å². The highest BCUT2D eigenvalue weighted by molar-refractivity contribution is 5.78. The van der Waals surface area contributed by atoms with Gasteiger partial charge in [0.15, 0.2) is 5.96 Å². The normalized spacial score (nSPS) is 16.3. The molecule has 1 aromatic rings. The lowest BCUT2D eigenvalue weighted by Gasteiger charge is -2.15. The first-order valence-corrected chi connectivity index (χ1v) is 4.39. The van der Waals surface area contributed by atoms with Crippen molar-refractivity contribution in [2.45, 2.75) is 6.54 Å². The van der Waals surface area contributed by atoms with Crippen molar-refractivity contribution in [3.8, 4) is 0 Å². The van der Waals surface area contributed by atoms with Gasteiger partial charge in [-0.05, 0) is 0 Å². The Labute approximate surface area is 76.9 Å². The summed E-state index contributed by atoms with van der Waals surface area (Å²) in [4.78, 5) is 5.99. The third kappa shape index (κ3) is 1.80. The molecule has 1 fully saturated rings. The summed E-state index contributed by atoms with van der Waals surface area (Å²) in [5.74, 6) is 0.542. The van der Waals surface area contributed by atoms with Gasteiger partial charge >= 0.3 is 0 Å². The molecule has 0 unspecified atom stereocenters. The molecule has 1 aliphatic heterocycles. The average Bonchev–Trinajstić information content (AvgIpc) is 2.72. The molecule has 0 aromatic carbocycles. The van der Waals surface area contributed by atoms with Gasteiger partial charge in [-0.25, -0.2) is 4.98 Å². The van der Waals surface area contributed by atoms with Gasteiger partial charge in [0.2, 0.25) is 0 Å². The van der Waals surface area contributed by atoms with Crippen molar-refractivity contribution < 1.29 is 0 Å². The van der Waals surface area contributed by atoms with Crippen molar-refractivity contribution in [1.82, 2.24) is 19.8 Å². The number of aromatic nitrogens is 2. The van der Waals surface area contributed by atoms with Crippen LogP contribution in [-0.4, -0.2) is 40.0 Å². The van der Waals surface area contributed by atoms with Gasteiger partial charge in [-0.2, -0.15) is 0 Å². The summed E-state index contributed by atoms with van der Waals surface area (Å²) >= 11 is 0. The first-order chi connectivity index (χ1) is 6.36. The first kappa shape index (κ1) is 8.10. The third-order valence-electron chi connectivity index (χ3n) is 2.18. The van der Waals surface area contributed by atoms with Crippen LogP contribution in [-0.2, 0) is 6.54 Å². The number of guanidine groups is 1. The Morgan fingerprint density at radius 2 is 2.46 bits per heavy atom. The number of nitrogens with one attached hydrogen (secondary N) is 2. The maximum absolute atomic E-state index is 7.52. The summed E-state index contributed by atoms with van der Waals surface area (Å²) in [6, 6.07) is 0. The molecule has 5 heteroatoms. The van der Waals surface area contributed by atoms with Crippen molar-refractivity contribution in [2.24, 2.45) is 0 Å². The van der Waals surface area contributed by atoms with Crippen LogP contribution in [0.15, 0.2) is 18.7 Å². The molecule has 1 aromatic heterocycles. The zero-order valence-electron chi connectivity index (χ0n) is 7.40. The van der Waals surface area contributed by atoms with E-state index < -0.39 is 0 Å². The molecule has 0 bridgehead atoms. The zero-order chi connectivity index (χ0) is 9.10. The monoisotopic (exact) mass is 179 g/mol. The molecule has 2 N–H and O–H groups in total. The van der Waals surface area contributed by atoms with Crippen LogP contribution < -0.4 is 5.32 Å². The molecule has 1 saturated heterocycles. The minimum absolute atomic E-state index is 0.542. The van der Waals surface area contributed by atoms with E-state index in [1.807, 2.05) is 15.7 Å². The Morgan fingerprint density at radius 1 is 1.54 bits per heavy atom. The number of nitrogens with zero attached hydrogens (tertiary/aromatic N) is 3. The molecule has 13 heavy (non-hydrogen) atoms. The van der Waals surface area contributed by atoms with Gasteiger partial charge in [0.25, 0.3) is 0 Å². The van der Waals surface area contributed by atoms with E-state index in [-0.39, 0.29) is 0 Å². The molecule has 0 radical (unpaired) electrons. The van der Waals surface area contributed by atoms with Crippen LogP contribution >= 0.6 is 0 Å². The van der Waals surface area contributed by atoms with Gasteiger partial charge in [-0.1, -0.05) is 0 Å². The van der Waals surface area contributed by atoms with Crippen LogP contribution in [0.4, 0.5) is 0 Å². The van der Waals surface area contributed by atoms with E-state index in [4.69, 9.17) is 5.41 Å². The maximum Gasteiger partial charge on any atom is 0.191 e. The quantitative estimate of drug-likeness (QED) is 0.671. The van der Waals surface area contributed by atoms with Crippen molar-refractivity contribution in [2.75, 3.05) is 19.6 Å². The average molecular weight is 179 g/mol. The van der Waals surface area contributed by atoms with Crippen molar-refractivity contribution in [3.63, 3.8) is 0 Å². The lowest BCUT2D eigenvalue weighted by atomic mass is 10.5. The molecular formula is C8H13N5. The highest BCUT2D eigenvalue weighted by atomic mass is 15.3. The molecule has 0 spiro atoms. The van der Waals surface area contributed by atoms with Crippen LogP contribution in [0.5, 0.6) is 0 Å². The van der Waals surface area contributed by atoms with E-state index in [0.29, 0.717) is 5.96 Å². The fourth-order valence-corrected chi connectivity index (χ4v) is 1.41. The Kier molecular flexibility index (Phi) is 2.16. The summed E-state index contributed by atoms with van der Waals surface area (Å²) in [6.07, 6.45) is 5.51. The van der Waals surface area contributed by atoms with Gasteiger partial charge in [0.05, 0.1) is 6.33 Å². The van der Waals surface area contributed by atoms with Gasteiger partial charge in [0, 0.05) is 38.6 Å². The van der Waals surface area contributed by atoms with Gasteiger partial charge in [-0.15, -0.1) is 0 Å². The highest BCUT2D eigenvalue weighted by Crippen LogP contribution is 1.96. The van der Waals surface area contributed by atoms with Gasteiger partial charge in [-0.3, -0.25) is 5.41 Å².